The van der Waals surface area contributed by atoms with E-state index >= 15 is 0 Å². The van der Waals surface area contributed by atoms with Crippen LogP contribution in [-0.2, 0) is 21.2 Å². The topological polar surface area (TPSA) is 57.7 Å². The van der Waals surface area contributed by atoms with E-state index in [-0.39, 0.29) is 28.6 Å². The smallest absolute Gasteiger partial charge is 0.244 e. The number of fused-ring (bicyclic) bond motifs is 1. The fourth-order valence-electron chi connectivity index (χ4n) is 3.59. The van der Waals surface area contributed by atoms with Gasteiger partial charge in [0.1, 0.15) is 0 Å². The van der Waals surface area contributed by atoms with Crippen LogP contribution in [-0.4, -0.2) is 38.3 Å². The molecule has 1 aromatic rings. The fourth-order valence-corrected chi connectivity index (χ4v) is 6.43. The van der Waals surface area contributed by atoms with Crippen molar-refractivity contribution >= 4 is 37.5 Å². The van der Waals surface area contributed by atoms with Crippen molar-refractivity contribution < 1.29 is 13.2 Å². The fraction of sp³-hybridized carbons (Fsp3) is 0.650. The van der Waals surface area contributed by atoms with Gasteiger partial charge in [0.2, 0.25) is 15.9 Å². The Labute approximate surface area is 171 Å². The molecule has 27 heavy (non-hydrogen) atoms. The molecule has 0 spiro atoms. The highest BCUT2D eigenvalue weighted by molar-refractivity contribution is 9.10. The molecule has 0 radical (unpaired) electrons. The van der Waals surface area contributed by atoms with Crippen LogP contribution in [0.2, 0.25) is 0 Å². The maximum Gasteiger partial charge on any atom is 0.244 e. The molecule has 1 aliphatic heterocycles. The van der Waals surface area contributed by atoms with E-state index in [2.05, 4.69) is 15.9 Å². The Morgan fingerprint density at radius 1 is 1.19 bits per heavy atom. The molecule has 7 heteroatoms. The quantitative estimate of drug-likeness (QED) is 0.621. The van der Waals surface area contributed by atoms with Crippen molar-refractivity contribution in [2.24, 2.45) is 17.8 Å². The van der Waals surface area contributed by atoms with Crippen LogP contribution in [0.25, 0.3) is 0 Å². The largest absolute Gasteiger partial charge is 0.312 e. The molecule has 0 unspecified atom stereocenters. The lowest BCUT2D eigenvalue weighted by molar-refractivity contribution is -0.119. The summed E-state index contributed by atoms with van der Waals surface area (Å²) in [5.74, 6) is 0.734. The minimum Gasteiger partial charge on any atom is -0.312 e. The second-order valence-corrected chi connectivity index (χ2v) is 11.3. The summed E-state index contributed by atoms with van der Waals surface area (Å²) in [6.45, 7) is 9.70. The van der Waals surface area contributed by atoms with Crippen LogP contribution in [0, 0.1) is 17.8 Å². The zero-order valence-electron chi connectivity index (χ0n) is 16.5. The molecule has 1 fully saturated rings. The minimum atomic E-state index is -3.65. The third kappa shape index (κ3) is 4.40. The Bertz CT molecular complexity index is 822. The van der Waals surface area contributed by atoms with Crippen molar-refractivity contribution in [2.75, 3.05) is 24.5 Å². The van der Waals surface area contributed by atoms with E-state index in [1.807, 2.05) is 33.8 Å². The number of benzene rings is 1. The van der Waals surface area contributed by atoms with E-state index in [4.69, 9.17) is 0 Å². The van der Waals surface area contributed by atoms with Gasteiger partial charge in [0.25, 0.3) is 0 Å². The Balaban J connectivity index is 1.99. The van der Waals surface area contributed by atoms with E-state index < -0.39 is 10.0 Å². The third-order valence-electron chi connectivity index (χ3n) is 4.98. The Kier molecular flexibility index (Phi) is 6.04. The van der Waals surface area contributed by atoms with Crippen LogP contribution in [0.3, 0.4) is 0 Å². The van der Waals surface area contributed by atoms with Crippen molar-refractivity contribution in [2.45, 2.75) is 51.9 Å². The average molecular weight is 457 g/mol. The molecule has 1 aromatic carbocycles. The zero-order chi connectivity index (χ0) is 19.9. The lowest BCUT2D eigenvalue weighted by atomic mass is 10.2. The van der Waals surface area contributed by atoms with E-state index in [1.54, 1.807) is 15.3 Å². The number of carbonyl (C=O) groups excluding carboxylic acids is 1. The molecule has 3 rings (SSSR count). The second kappa shape index (κ2) is 7.84. The maximum absolute atomic E-state index is 13.4. The first kappa shape index (κ1) is 20.8. The first-order chi connectivity index (χ1) is 12.6. The van der Waals surface area contributed by atoms with Crippen molar-refractivity contribution in [3.8, 4) is 0 Å². The van der Waals surface area contributed by atoms with Gasteiger partial charge in [-0.3, -0.25) is 4.79 Å². The van der Waals surface area contributed by atoms with Gasteiger partial charge < -0.3 is 4.90 Å². The summed E-state index contributed by atoms with van der Waals surface area (Å²) in [6.07, 6.45) is 2.67. The van der Waals surface area contributed by atoms with Gasteiger partial charge in [-0.25, -0.2) is 8.42 Å². The number of nitrogens with zero attached hydrogens (tertiary/aromatic N) is 2. The van der Waals surface area contributed by atoms with Gasteiger partial charge in [-0.1, -0.05) is 27.7 Å². The first-order valence-corrected chi connectivity index (χ1v) is 12.0. The standard InChI is InChI=1S/C20H29BrN2O3S/c1-13(2)11-22(12-14(3)4)27(25,26)19-10-18-16(9-17(19)21)7-8-23(18)20(24)15-5-6-15/h9-10,13-15H,5-8,11-12H2,1-4H3. The number of hydrogen-bond donors (Lipinski definition) is 0. The Hall–Kier alpha value is -0.920. The number of amides is 1. The molecule has 1 amide bonds. The van der Waals surface area contributed by atoms with E-state index in [9.17, 15) is 13.2 Å². The lowest BCUT2D eigenvalue weighted by Crippen LogP contribution is -2.37. The summed E-state index contributed by atoms with van der Waals surface area (Å²) in [4.78, 5) is 14.6. The van der Waals surface area contributed by atoms with Gasteiger partial charge in [-0.05, 0) is 64.7 Å². The molecular weight excluding hydrogens is 428 g/mol. The van der Waals surface area contributed by atoms with Crippen LogP contribution in [0.1, 0.15) is 46.1 Å². The molecule has 0 N–H and O–H groups in total. The van der Waals surface area contributed by atoms with Gasteiger partial charge in [0, 0.05) is 35.7 Å². The maximum atomic E-state index is 13.4. The van der Waals surface area contributed by atoms with Crippen molar-refractivity contribution in [1.82, 2.24) is 4.31 Å². The monoisotopic (exact) mass is 456 g/mol. The van der Waals surface area contributed by atoms with Gasteiger partial charge in [0.15, 0.2) is 0 Å². The van der Waals surface area contributed by atoms with Crippen molar-refractivity contribution in [1.29, 1.82) is 0 Å². The van der Waals surface area contributed by atoms with Crippen LogP contribution >= 0.6 is 15.9 Å². The first-order valence-electron chi connectivity index (χ1n) is 9.75. The number of carbonyl (C=O) groups is 1. The highest BCUT2D eigenvalue weighted by Crippen LogP contribution is 2.40. The summed E-state index contributed by atoms with van der Waals surface area (Å²) < 4.78 is 29.0. The number of anilines is 1. The summed E-state index contributed by atoms with van der Waals surface area (Å²) in [6, 6.07) is 3.58. The van der Waals surface area contributed by atoms with Crippen molar-refractivity contribution in [3.05, 3.63) is 22.2 Å². The molecular formula is C20H29BrN2O3S. The number of halogens is 1. The van der Waals surface area contributed by atoms with Crippen LogP contribution in [0.5, 0.6) is 0 Å². The van der Waals surface area contributed by atoms with Gasteiger partial charge in [-0.15, -0.1) is 0 Å². The summed E-state index contributed by atoms with van der Waals surface area (Å²) >= 11 is 3.48. The van der Waals surface area contributed by atoms with Crippen molar-refractivity contribution in [3.63, 3.8) is 0 Å². The molecule has 0 bridgehead atoms. The second-order valence-electron chi connectivity index (χ2n) is 8.54. The molecule has 1 aliphatic carbocycles. The molecule has 0 atom stereocenters. The predicted molar refractivity (Wildman–Crippen MR) is 111 cm³/mol. The van der Waals surface area contributed by atoms with Gasteiger partial charge in [0.05, 0.1) is 4.90 Å². The van der Waals surface area contributed by atoms with Gasteiger partial charge >= 0.3 is 0 Å². The predicted octanol–water partition coefficient (Wildman–Crippen LogP) is 4.05. The highest BCUT2D eigenvalue weighted by atomic mass is 79.9. The number of rotatable bonds is 7. The molecule has 5 nitrogen and oxygen atoms in total. The zero-order valence-corrected chi connectivity index (χ0v) is 18.9. The molecule has 150 valence electrons. The average Bonchev–Trinajstić information content (AvgIpc) is 3.32. The normalized spacial score (nSPS) is 17.3. The van der Waals surface area contributed by atoms with Crippen LogP contribution in [0.15, 0.2) is 21.5 Å². The summed E-state index contributed by atoms with van der Waals surface area (Å²) in [5, 5.41) is 0. The van der Waals surface area contributed by atoms with Crippen LogP contribution < -0.4 is 4.90 Å². The molecule has 0 aromatic heterocycles. The summed E-state index contributed by atoms with van der Waals surface area (Å²) in [7, 11) is -3.65. The molecule has 1 heterocycles. The van der Waals surface area contributed by atoms with E-state index in [0.29, 0.717) is 24.1 Å². The number of sulfonamides is 1. The number of hydrogen-bond acceptors (Lipinski definition) is 3. The Morgan fingerprint density at radius 2 is 1.78 bits per heavy atom. The SMILES string of the molecule is CC(C)CN(CC(C)C)S(=O)(=O)c1cc2c(cc1Br)CCN2C(=O)C1CC1. The molecule has 1 saturated carbocycles. The van der Waals surface area contributed by atoms with Gasteiger partial charge in [-0.2, -0.15) is 4.31 Å². The molecule has 0 saturated heterocycles. The Morgan fingerprint density at radius 3 is 2.30 bits per heavy atom. The van der Waals surface area contributed by atoms with E-state index in [1.165, 1.54) is 0 Å². The van der Waals surface area contributed by atoms with E-state index in [0.717, 1.165) is 30.5 Å². The third-order valence-corrected chi connectivity index (χ3v) is 7.77. The summed E-state index contributed by atoms with van der Waals surface area (Å²) in [5.41, 5.74) is 1.80. The molecule has 2 aliphatic rings. The lowest BCUT2D eigenvalue weighted by Gasteiger charge is -2.27. The minimum absolute atomic E-state index is 0.123. The van der Waals surface area contributed by atoms with Crippen LogP contribution in [0.4, 0.5) is 5.69 Å². The highest BCUT2D eigenvalue weighted by Gasteiger charge is 2.38.